The van der Waals surface area contributed by atoms with Gasteiger partial charge in [0, 0.05) is 24.2 Å². The summed E-state index contributed by atoms with van der Waals surface area (Å²) >= 11 is 0. The SMILES string of the molecule is COc1ccc(-c2noc(CN(C)C(=O)COc3ccc([N+](=O)[O-])c(C)c3)n2)cc1OC. The summed E-state index contributed by atoms with van der Waals surface area (Å²) in [4.78, 5) is 28.5. The van der Waals surface area contributed by atoms with Gasteiger partial charge in [0.25, 0.3) is 11.6 Å². The van der Waals surface area contributed by atoms with E-state index < -0.39 is 4.92 Å². The minimum absolute atomic E-state index is 0.0116. The third-order valence-electron chi connectivity index (χ3n) is 4.64. The molecule has 2 aromatic carbocycles. The summed E-state index contributed by atoms with van der Waals surface area (Å²) in [7, 11) is 4.65. The number of aryl methyl sites for hydroxylation is 1. The molecule has 0 atom stereocenters. The smallest absolute Gasteiger partial charge is 0.272 e. The van der Waals surface area contributed by atoms with Crippen molar-refractivity contribution < 1.29 is 28.5 Å². The van der Waals surface area contributed by atoms with Gasteiger partial charge in [0.15, 0.2) is 18.1 Å². The van der Waals surface area contributed by atoms with Gasteiger partial charge in [-0.25, -0.2) is 0 Å². The highest BCUT2D eigenvalue weighted by atomic mass is 16.6. The van der Waals surface area contributed by atoms with Crippen molar-refractivity contribution in [1.29, 1.82) is 0 Å². The van der Waals surface area contributed by atoms with Crippen LogP contribution in [0.25, 0.3) is 11.4 Å². The third-order valence-corrected chi connectivity index (χ3v) is 4.64. The van der Waals surface area contributed by atoms with Crippen molar-refractivity contribution in [2.75, 3.05) is 27.9 Å². The van der Waals surface area contributed by atoms with Gasteiger partial charge in [-0.05, 0) is 37.3 Å². The van der Waals surface area contributed by atoms with Gasteiger partial charge in [-0.1, -0.05) is 5.16 Å². The lowest BCUT2D eigenvalue weighted by molar-refractivity contribution is -0.385. The highest BCUT2D eigenvalue weighted by Crippen LogP contribution is 2.31. The van der Waals surface area contributed by atoms with Crippen molar-refractivity contribution in [1.82, 2.24) is 15.0 Å². The van der Waals surface area contributed by atoms with Crippen LogP contribution in [-0.2, 0) is 11.3 Å². The zero-order valence-corrected chi connectivity index (χ0v) is 18.0. The Labute approximate surface area is 183 Å². The van der Waals surface area contributed by atoms with Crippen LogP contribution in [0.15, 0.2) is 40.9 Å². The minimum Gasteiger partial charge on any atom is -0.493 e. The van der Waals surface area contributed by atoms with Crippen LogP contribution in [0, 0.1) is 17.0 Å². The van der Waals surface area contributed by atoms with Gasteiger partial charge in [0.1, 0.15) is 5.75 Å². The Hall–Kier alpha value is -4.15. The van der Waals surface area contributed by atoms with Crippen molar-refractivity contribution in [3.8, 4) is 28.6 Å². The van der Waals surface area contributed by atoms with E-state index in [1.54, 1.807) is 39.3 Å². The summed E-state index contributed by atoms with van der Waals surface area (Å²) in [6.45, 7) is 1.44. The second-order valence-corrected chi connectivity index (χ2v) is 6.83. The van der Waals surface area contributed by atoms with E-state index in [1.165, 1.54) is 30.2 Å². The van der Waals surface area contributed by atoms with Gasteiger partial charge in [0.05, 0.1) is 25.7 Å². The number of carbonyl (C=O) groups excluding carboxylic acids is 1. The number of nitro benzene ring substituents is 1. The molecule has 0 fully saturated rings. The lowest BCUT2D eigenvalue weighted by atomic mass is 10.2. The number of rotatable bonds is 9. The Morgan fingerprint density at radius 1 is 1.16 bits per heavy atom. The molecule has 11 heteroatoms. The molecule has 0 radical (unpaired) electrons. The topological polar surface area (TPSA) is 130 Å². The molecule has 0 bridgehead atoms. The fourth-order valence-electron chi connectivity index (χ4n) is 2.88. The predicted molar refractivity (Wildman–Crippen MR) is 113 cm³/mol. The van der Waals surface area contributed by atoms with E-state index in [0.717, 1.165) is 0 Å². The first-order valence-electron chi connectivity index (χ1n) is 9.49. The summed E-state index contributed by atoms with van der Waals surface area (Å²) in [5.74, 6) is 1.74. The molecular formula is C21H22N4O7. The fourth-order valence-corrected chi connectivity index (χ4v) is 2.88. The van der Waals surface area contributed by atoms with E-state index >= 15 is 0 Å². The molecule has 0 saturated carbocycles. The molecule has 0 aliphatic rings. The Kier molecular flexibility index (Phi) is 6.88. The Morgan fingerprint density at radius 2 is 1.91 bits per heavy atom. The van der Waals surface area contributed by atoms with Crippen LogP contribution in [-0.4, -0.2) is 53.7 Å². The number of nitro groups is 1. The maximum absolute atomic E-state index is 12.4. The van der Waals surface area contributed by atoms with Crippen molar-refractivity contribution in [2.24, 2.45) is 0 Å². The zero-order valence-electron chi connectivity index (χ0n) is 18.0. The maximum atomic E-state index is 12.4. The van der Waals surface area contributed by atoms with Gasteiger partial charge in [-0.15, -0.1) is 0 Å². The van der Waals surface area contributed by atoms with Gasteiger partial charge >= 0.3 is 0 Å². The number of benzene rings is 2. The van der Waals surface area contributed by atoms with Crippen LogP contribution in [0.4, 0.5) is 5.69 Å². The lowest BCUT2D eigenvalue weighted by Crippen LogP contribution is -2.31. The monoisotopic (exact) mass is 442 g/mol. The molecule has 1 amide bonds. The molecule has 168 valence electrons. The Balaban J connectivity index is 1.60. The number of nitrogens with zero attached hydrogens (tertiary/aromatic N) is 4. The summed E-state index contributed by atoms with van der Waals surface area (Å²) in [6, 6.07) is 9.53. The summed E-state index contributed by atoms with van der Waals surface area (Å²) < 4.78 is 21.2. The quantitative estimate of drug-likeness (QED) is 0.362. The average molecular weight is 442 g/mol. The van der Waals surface area contributed by atoms with Gasteiger partial charge in [-0.2, -0.15) is 4.98 Å². The van der Waals surface area contributed by atoms with E-state index in [2.05, 4.69) is 10.1 Å². The van der Waals surface area contributed by atoms with E-state index in [4.69, 9.17) is 18.7 Å². The maximum Gasteiger partial charge on any atom is 0.272 e. The molecule has 11 nitrogen and oxygen atoms in total. The number of likely N-dealkylation sites (N-methyl/N-ethyl adjacent to an activating group) is 1. The standard InChI is InChI=1S/C21H22N4O7/c1-13-9-15(6-7-16(13)25(27)28)31-12-20(26)24(2)11-19-22-21(23-32-19)14-5-8-17(29-3)18(10-14)30-4/h5-10H,11-12H2,1-4H3. The minimum atomic E-state index is -0.473. The van der Waals surface area contributed by atoms with Crippen LogP contribution >= 0.6 is 0 Å². The molecule has 0 spiro atoms. The van der Waals surface area contributed by atoms with E-state index in [9.17, 15) is 14.9 Å². The van der Waals surface area contributed by atoms with Gasteiger partial charge in [0.2, 0.25) is 11.7 Å². The molecule has 32 heavy (non-hydrogen) atoms. The summed E-state index contributed by atoms with van der Waals surface area (Å²) in [6.07, 6.45) is 0. The van der Waals surface area contributed by atoms with Crippen LogP contribution in [0.1, 0.15) is 11.5 Å². The van der Waals surface area contributed by atoms with Crippen LogP contribution in [0.3, 0.4) is 0 Å². The Morgan fingerprint density at radius 3 is 2.56 bits per heavy atom. The van der Waals surface area contributed by atoms with E-state index in [1.807, 2.05) is 0 Å². The molecule has 3 aromatic rings. The molecule has 0 unspecified atom stereocenters. The normalized spacial score (nSPS) is 10.5. The largest absolute Gasteiger partial charge is 0.493 e. The second kappa shape index (κ2) is 9.77. The molecule has 1 aromatic heterocycles. The van der Waals surface area contributed by atoms with Crippen molar-refractivity contribution in [3.05, 3.63) is 58.0 Å². The van der Waals surface area contributed by atoms with Gasteiger partial charge < -0.3 is 23.6 Å². The number of hydrogen-bond acceptors (Lipinski definition) is 9. The molecule has 0 N–H and O–H groups in total. The van der Waals surface area contributed by atoms with E-state index in [-0.39, 0.29) is 30.6 Å². The van der Waals surface area contributed by atoms with E-state index in [0.29, 0.717) is 34.2 Å². The number of ether oxygens (including phenoxy) is 3. The zero-order chi connectivity index (χ0) is 23.3. The fraction of sp³-hybridized carbons (Fsp3) is 0.286. The first-order valence-corrected chi connectivity index (χ1v) is 9.49. The number of methoxy groups -OCH3 is 2. The highest BCUT2D eigenvalue weighted by Gasteiger charge is 2.17. The van der Waals surface area contributed by atoms with Crippen molar-refractivity contribution >= 4 is 11.6 Å². The van der Waals surface area contributed by atoms with Crippen LogP contribution in [0.2, 0.25) is 0 Å². The summed E-state index contributed by atoms with van der Waals surface area (Å²) in [5, 5.41) is 14.8. The number of aromatic nitrogens is 2. The van der Waals surface area contributed by atoms with Crippen LogP contribution < -0.4 is 14.2 Å². The number of hydrogen-bond donors (Lipinski definition) is 0. The first kappa shape index (κ1) is 22.5. The first-order chi connectivity index (χ1) is 15.3. The molecule has 0 saturated heterocycles. The van der Waals surface area contributed by atoms with Crippen molar-refractivity contribution in [3.63, 3.8) is 0 Å². The average Bonchev–Trinajstić information content (AvgIpc) is 3.25. The highest BCUT2D eigenvalue weighted by molar-refractivity contribution is 5.77. The predicted octanol–water partition coefficient (Wildman–Crippen LogP) is 3.01. The molecule has 0 aliphatic carbocycles. The molecular weight excluding hydrogens is 420 g/mol. The lowest BCUT2D eigenvalue weighted by Gasteiger charge is -2.15. The van der Waals surface area contributed by atoms with Crippen LogP contribution in [0.5, 0.6) is 17.2 Å². The second-order valence-electron chi connectivity index (χ2n) is 6.83. The van der Waals surface area contributed by atoms with Gasteiger partial charge in [-0.3, -0.25) is 14.9 Å². The molecule has 1 heterocycles. The molecule has 0 aliphatic heterocycles. The number of amides is 1. The van der Waals surface area contributed by atoms with Crippen molar-refractivity contribution in [2.45, 2.75) is 13.5 Å². The summed E-state index contributed by atoms with van der Waals surface area (Å²) in [5.41, 5.74) is 1.10. The molecule has 3 rings (SSSR count). The number of carbonyl (C=O) groups is 1. The third kappa shape index (κ3) is 5.12. The Bertz CT molecular complexity index is 1130.